The molecule has 1 aromatic rings. The van der Waals surface area contributed by atoms with E-state index in [1.54, 1.807) is 0 Å². The van der Waals surface area contributed by atoms with E-state index in [-0.39, 0.29) is 11.2 Å². The summed E-state index contributed by atoms with van der Waals surface area (Å²) < 4.78 is 1.50. The summed E-state index contributed by atoms with van der Waals surface area (Å²) in [7, 11) is 0. The molecule has 0 saturated carbocycles. The molecule has 1 atom stereocenters. The molecular formula is C13H23N3O2. The van der Waals surface area contributed by atoms with Crippen LogP contribution in [0.3, 0.4) is 0 Å². The van der Waals surface area contributed by atoms with Crippen molar-refractivity contribution >= 4 is 0 Å². The highest BCUT2D eigenvalue weighted by Gasteiger charge is 2.03. The summed E-state index contributed by atoms with van der Waals surface area (Å²) in [5.41, 5.74) is -0.700. The quantitative estimate of drug-likeness (QED) is 0.760. The molecule has 0 aliphatic heterocycles. The largest absolute Gasteiger partial charge is 0.328 e. The van der Waals surface area contributed by atoms with Crippen LogP contribution in [-0.4, -0.2) is 22.1 Å². The third-order valence-electron chi connectivity index (χ3n) is 2.92. The van der Waals surface area contributed by atoms with Gasteiger partial charge in [-0.25, -0.2) is 4.79 Å². The van der Waals surface area contributed by atoms with Gasteiger partial charge in [0, 0.05) is 31.4 Å². The van der Waals surface area contributed by atoms with Gasteiger partial charge in [0.05, 0.1) is 0 Å². The lowest BCUT2D eigenvalue weighted by Crippen LogP contribution is -2.34. The predicted octanol–water partition coefficient (Wildman–Crippen LogP) is 0.951. The Morgan fingerprint density at radius 1 is 1.28 bits per heavy atom. The van der Waals surface area contributed by atoms with Gasteiger partial charge in [0.2, 0.25) is 0 Å². The average Bonchev–Trinajstić information content (AvgIpc) is 2.29. The van der Waals surface area contributed by atoms with Crippen LogP contribution in [0.4, 0.5) is 0 Å². The Morgan fingerprint density at radius 2 is 2.00 bits per heavy atom. The highest BCUT2D eigenvalue weighted by Crippen LogP contribution is 2.05. The molecular weight excluding hydrogens is 230 g/mol. The number of nitrogens with zero attached hydrogens (tertiary/aromatic N) is 1. The molecule has 1 heterocycles. The lowest BCUT2D eigenvalue weighted by molar-refractivity contribution is 0.438. The van der Waals surface area contributed by atoms with E-state index in [4.69, 9.17) is 0 Å². The molecule has 1 aromatic heterocycles. The lowest BCUT2D eigenvalue weighted by Gasteiger charge is -2.15. The second-order valence-electron chi connectivity index (χ2n) is 5.13. The van der Waals surface area contributed by atoms with Crippen molar-refractivity contribution in [3.8, 4) is 0 Å². The normalized spacial score (nSPS) is 12.9. The standard InChI is InChI=1S/C13H23N3O2/c1-10(2)4-5-11(3)14-7-9-16-8-6-12(17)15-13(16)18/h6,8,10-11,14H,4-5,7,9H2,1-3H3,(H,15,17,18). The van der Waals surface area contributed by atoms with Crippen LogP contribution in [0.5, 0.6) is 0 Å². The molecule has 0 amide bonds. The number of rotatable bonds is 7. The number of aromatic nitrogens is 2. The predicted molar refractivity (Wildman–Crippen MR) is 72.9 cm³/mol. The van der Waals surface area contributed by atoms with Crippen LogP contribution in [0.1, 0.15) is 33.6 Å². The first-order valence-electron chi connectivity index (χ1n) is 6.52. The summed E-state index contributed by atoms with van der Waals surface area (Å²) in [5.74, 6) is 0.719. The van der Waals surface area contributed by atoms with Crippen LogP contribution in [0.15, 0.2) is 21.9 Å². The number of hydrogen-bond acceptors (Lipinski definition) is 3. The first-order valence-corrected chi connectivity index (χ1v) is 6.52. The van der Waals surface area contributed by atoms with Gasteiger partial charge in [0.15, 0.2) is 0 Å². The fourth-order valence-electron chi connectivity index (χ4n) is 1.74. The summed E-state index contributed by atoms with van der Waals surface area (Å²) in [4.78, 5) is 24.5. The third-order valence-corrected chi connectivity index (χ3v) is 2.92. The fourth-order valence-corrected chi connectivity index (χ4v) is 1.74. The number of H-pyrrole nitrogens is 1. The van der Waals surface area contributed by atoms with Gasteiger partial charge < -0.3 is 5.32 Å². The summed E-state index contributed by atoms with van der Waals surface area (Å²) >= 11 is 0. The van der Waals surface area contributed by atoms with Gasteiger partial charge in [0.25, 0.3) is 5.56 Å². The Labute approximate surface area is 107 Å². The zero-order chi connectivity index (χ0) is 13.5. The molecule has 0 radical (unpaired) electrons. The monoisotopic (exact) mass is 253 g/mol. The molecule has 0 aromatic carbocycles. The Morgan fingerprint density at radius 3 is 2.61 bits per heavy atom. The summed E-state index contributed by atoms with van der Waals surface area (Å²) in [6, 6.07) is 1.81. The zero-order valence-corrected chi connectivity index (χ0v) is 11.4. The average molecular weight is 253 g/mol. The van der Waals surface area contributed by atoms with Crippen LogP contribution in [0.25, 0.3) is 0 Å². The molecule has 18 heavy (non-hydrogen) atoms. The van der Waals surface area contributed by atoms with Gasteiger partial charge in [-0.15, -0.1) is 0 Å². The minimum atomic E-state index is -0.352. The Bertz CT molecular complexity index is 462. The molecule has 5 heteroatoms. The van der Waals surface area contributed by atoms with Gasteiger partial charge in [-0.1, -0.05) is 13.8 Å². The van der Waals surface area contributed by atoms with Gasteiger partial charge in [-0.3, -0.25) is 14.3 Å². The second-order valence-corrected chi connectivity index (χ2v) is 5.13. The molecule has 0 aliphatic carbocycles. The zero-order valence-electron chi connectivity index (χ0n) is 11.4. The number of nitrogens with one attached hydrogen (secondary N) is 2. The minimum absolute atomic E-state index is 0.348. The summed E-state index contributed by atoms with van der Waals surface area (Å²) in [6.45, 7) is 7.88. The van der Waals surface area contributed by atoms with Crippen molar-refractivity contribution in [2.75, 3.05) is 6.54 Å². The van der Waals surface area contributed by atoms with Gasteiger partial charge in [-0.05, 0) is 25.7 Å². The van der Waals surface area contributed by atoms with Crippen LogP contribution in [0, 0.1) is 5.92 Å². The van der Waals surface area contributed by atoms with Crippen LogP contribution >= 0.6 is 0 Å². The summed E-state index contributed by atoms with van der Waals surface area (Å²) in [6.07, 6.45) is 3.87. The maximum atomic E-state index is 11.4. The highest BCUT2D eigenvalue weighted by atomic mass is 16.2. The molecule has 1 rings (SSSR count). The van der Waals surface area contributed by atoms with Crippen molar-refractivity contribution in [2.24, 2.45) is 5.92 Å². The minimum Gasteiger partial charge on any atom is -0.312 e. The molecule has 1 unspecified atom stereocenters. The molecule has 5 nitrogen and oxygen atoms in total. The summed E-state index contributed by atoms with van der Waals surface area (Å²) in [5, 5.41) is 3.38. The SMILES string of the molecule is CC(C)CCC(C)NCCn1ccc(=O)[nH]c1=O. The van der Waals surface area contributed by atoms with E-state index in [0.717, 1.165) is 18.9 Å². The first kappa shape index (κ1) is 14.7. The highest BCUT2D eigenvalue weighted by molar-refractivity contribution is 4.82. The first-order chi connectivity index (χ1) is 8.49. The smallest absolute Gasteiger partial charge is 0.312 e. The fraction of sp³-hybridized carbons (Fsp3) is 0.692. The molecule has 0 spiro atoms. The van der Waals surface area contributed by atoms with Crippen molar-refractivity contribution in [2.45, 2.75) is 46.2 Å². The molecule has 0 fully saturated rings. The van der Waals surface area contributed by atoms with E-state index in [0.29, 0.717) is 12.6 Å². The van der Waals surface area contributed by atoms with E-state index in [9.17, 15) is 9.59 Å². The molecule has 2 N–H and O–H groups in total. The van der Waals surface area contributed by atoms with Gasteiger partial charge >= 0.3 is 5.69 Å². The maximum Gasteiger partial charge on any atom is 0.328 e. The van der Waals surface area contributed by atoms with E-state index in [1.165, 1.54) is 23.3 Å². The van der Waals surface area contributed by atoms with Crippen LogP contribution in [0.2, 0.25) is 0 Å². The Balaban J connectivity index is 2.33. The topological polar surface area (TPSA) is 66.9 Å². The van der Waals surface area contributed by atoms with Crippen molar-refractivity contribution in [1.82, 2.24) is 14.9 Å². The van der Waals surface area contributed by atoms with E-state index in [1.807, 2.05) is 0 Å². The van der Waals surface area contributed by atoms with Crippen LogP contribution in [-0.2, 0) is 6.54 Å². The Hall–Kier alpha value is -1.36. The van der Waals surface area contributed by atoms with E-state index in [2.05, 4.69) is 31.1 Å². The van der Waals surface area contributed by atoms with Crippen molar-refractivity contribution in [3.63, 3.8) is 0 Å². The van der Waals surface area contributed by atoms with E-state index < -0.39 is 0 Å². The van der Waals surface area contributed by atoms with Crippen molar-refractivity contribution in [3.05, 3.63) is 33.1 Å². The van der Waals surface area contributed by atoms with Crippen molar-refractivity contribution < 1.29 is 0 Å². The molecule has 0 bridgehead atoms. The van der Waals surface area contributed by atoms with Gasteiger partial charge in [-0.2, -0.15) is 0 Å². The second kappa shape index (κ2) is 7.16. The van der Waals surface area contributed by atoms with E-state index >= 15 is 0 Å². The Kier molecular flexibility index (Phi) is 5.85. The third kappa shape index (κ3) is 5.31. The lowest BCUT2D eigenvalue weighted by atomic mass is 10.0. The maximum absolute atomic E-state index is 11.4. The molecule has 102 valence electrons. The van der Waals surface area contributed by atoms with Crippen LogP contribution < -0.4 is 16.6 Å². The van der Waals surface area contributed by atoms with Gasteiger partial charge in [0.1, 0.15) is 0 Å². The number of hydrogen-bond donors (Lipinski definition) is 2. The van der Waals surface area contributed by atoms with Crippen molar-refractivity contribution in [1.29, 1.82) is 0 Å². The molecule has 0 saturated heterocycles. The number of aromatic amines is 1. The molecule has 0 aliphatic rings.